The number of anilines is 1. The molecular formula is C30H28N2O3. The van der Waals surface area contributed by atoms with Crippen LogP contribution in [0.25, 0.3) is 0 Å². The van der Waals surface area contributed by atoms with Gasteiger partial charge in [0.25, 0.3) is 11.8 Å². The average molecular weight is 465 g/mol. The number of amides is 2. The number of carbonyl (C=O) groups excluding carboxylic acids is 2. The number of ether oxygens (including phenoxy) is 1. The lowest BCUT2D eigenvalue weighted by Crippen LogP contribution is -2.28. The maximum Gasteiger partial charge on any atom is 0.255 e. The summed E-state index contributed by atoms with van der Waals surface area (Å²) in [5.41, 5.74) is 3.50. The molecule has 0 aliphatic heterocycles. The van der Waals surface area contributed by atoms with Crippen molar-refractivity contribution >= 4 is 17.5 Å². The van der Waals surface area contributed by atoms with E-state index in [1.165, 1.54) is 5.56 Å². The van der Waals surface area contributed by atoms with E-state index in [0.717, 1.165) is 12.0 Å². The van der Waals surface area contributed by atoms with Gasteiger partial charge >= 0.3 is 0 Å². The molecule has 4 aromatic carbocycles. The lowest BCUT2D eigenvalue weighted by Gasteiger charge is -2.16. The van der Waals surface area contributed by atoms with Gasteiger partial charge in [-0.2, -0.15) is 0 Å². The molecule has 0 aliphatic rings. The third-order valence-electron chi connectivity index (χ3n) is 5.67. The van der Waals surface area contributed by atoms with Crippen LogP contribution in [0.3, 0.4) is 0 Å². The van der Waals surface area contributed by atoms with Gasteiger partial charge in [0, 0.05) is 12.0 Å². The summed E-state index contributed by atoms with van der Waals surface area (Å²) in [7, 11) is 0. The number of hydrogen-bond donors (Lipinski definition) is 2. The topological polar surface area (TPSA) is 67.4 Å². The van der Waals surface area contributed by atoms with Crippen LogP contribution in [-0.4, -0.2) is 18.4 Å². The first-order valence-electron chi connectivity index (χ1n) is 11.6. The number of nitrogens with one attached hydrogen (secondary N) is 2. The van der Waals surface area contributed by atoms with Crippen molar-refractivity contribution in [3.8, 4) is 5.75 Å². The normalized spacial score (nSPS) is 11.3. The second-order valence-electron chi connectivity index (χ2n) is 8.22. The van der Waals surface area contributed by atoms with Crippen LogP contribution in [-0.2, 0) is 6.42 Å². The predicted molar refractivity (Wildman–Crippen MR) is 139 cm³/mol. The largest absolute Gasteiger partial charge is 0.493 e. The Bertz CT molecular complexity index is 1270. The van der Waals surface area contributed by atoms with Crippen molar-refractivity contribution in [2.75, 3.05) is 11.9 Å². The van der Waals surface area contributed by atoms with E-state index in [1.54, 1.807) is 42.5 Å². The van der Waals surface area contributed by atoms with Crippen molar-refractivity contribution in [1.29, 1.82) is 0 Å². The van der Waals surface area contributed by atoms with Gasteiger partial charge in [-0.25, -0.2) is 0 Å². The van der Waals surface area contributed by atoms with Crippen LogP contribution in [0.4, 0.5) is 5.69 Å². The number of carbonyl (C=O) groups is 2. The Morgan fingerprint density at radius 3 is 2.23 bits per heavy atom. The van der Waals surface area contributed by atoms with E-state index in [2.05, 4.69) is 22.8 Å². The van der Waals surface area contributed by atoms with Gasteiger partial charge in [-0.1, -0.05) is 78.9 Å². The van der Waals surface area contributed by atoms with Crippen molar-refractivity contribution in [1.82, 2.24) is 5.32 Å². The molecule has 0 saturated heterocycles. The second-order valence-corrected chi connectivity index (χ2v) is 8.22. The summed E-state index contributed by atoms with van der Waals surface area (Å²) in [4.78, 5) is 26.0. The average Bonchev–Trinajstić information content (AvgIpc) is 2.90. The monoisotopic (exact) mass is 464 g/mol. The van der Waals surface area contributed by atoms with Crippen molar-refractivity contribution in [3.05, 3.63) is 131 Å². The highest BCUT2D eigenvalue weighted by molar-refractivity contribution is 6.09. The minimum absolute atomic E-state index is 0.169. The molecule has 4 aromatic rings. The van der Waals surface area contributed by atoms with Gasteiger partial charge in [0.1, 0.15) is 5.75 Å². The van der Waals surface area contributed by atoms with E-state index < -0.39 is 0 Å². The number of hydrogen-bond acceptors (Lipinski definition) is 3. The summed E-state index contributed by atoms with van der Waals surface area (Å²) in [5.74, 6) is 0.0569. The van der Waals surface area contributed by atoms with Crippen molar-refractivity contribution in [3.63, 3.8) is 0 Å². The maximum atomic E-state index is 13.0. The highest BCUT2D eigenvalue weighted by Gasteiger charge is 2.17. The second kappa shape index (κ2) is 11.7. The molecule has 35 heavy (non-hydrogen) atoms. The molecule has 4 rings (SSSR count). The molecule has 0 aliphatic carbocycles. The number of rotatable bonds is 9. The molecule has 0 radical (unpaired) electrons. The van der Waals surface area contributed by atoms with Crippen molar-refractivity contribution in [2.45, 2.75) is 19.4 Å². The zero-order valence-electron chi connectivity index (χ0n) is 19.6. The number of para-hydroxylation sites is 1. The molecule has 176 valence electrons. The quantitative estimate of drug-likeness (QED) is 0.317. The van der Waals surface area contributed by atoms with E-state index in [9.17, 15) is 9.59 Å². The van der Waals surface area contributed by atoms with E-state index in [-0.39, 0.29) is 17.9 Å². The van der Waals surface area contributed by atoms with Gasteiger partial charge in [0.2, 0.25) is 0 Å². The Hall–Kier alpha value is -4.38. The fourth-order valence-electron chi connectivity index (χ4n) is 3.74. The molecule has 0 bridgehead atoms. The van der Waals surface area contributed by atoms with Crippen molar-refractivity contribution < 1.29 is 14.3 Å². The molecule has 0 saturated carbocycles. The fourth-order valence-corrected chi connectivity index (χ4v) is 3.74. The Morgan fingerprint density at radius 2 is 1.46 bits per heavy atom. The molecule has 2 N–H and O–H groups in total. The molecule has 5 heteroatoms. The highest BCUT2D eigenvalue weighted by atomic mass is 16.5. The lowest BCUT2D eigenvalue weighted by molar-refractivity contribution is 0.0940. The SMILES string of the molecule is CC(NC(=O)c1ccccc1NC(=O)c1cccc(OCCc2ccccc2)c1)c1ccccc1. The first kappa shape index (κ1) is 23.8. The molecule has 0 aromatic heterocycles. The van der Waals surface area contributed by atoms with Gasteiger partial charge in [0.05, 0.1) is 23.9 Å². The van der Waals surface area contributed by atoms with Crippen LogP contribution in [0.1, 0.15) is 44.8 Å². The van der Waals surface area contributed by atoms with Gasteiger partial charge < -0.3 is 15.4 Å². The van der Waals surface area contributed by atoms with Crippen LogP contribution in [0.2, 0.25) is 0 Å². The smallest absolute Gasteiger partial charge is 0.255 e. The predicted octanol–water partition coefficient (Wildman–Crippen LogP) is 6.05. The van der Waals surface area contributed by atoms with Crippen LogP contribution in [0.5, 0.6) is 5.75 Å². The zero-order chi connectivity index (χ0) is 24.5. The minimum atomic E-state index is -0.310. The van der Waals surface area contributed by atoms with E-state index in [1.807, 2.05) is 61.5 Å². The van der Waals surface area contributed by atoms with Crippen molar-refractivity contribution in [2.24, 2.45) is 0 Å². The first-order valence-corrected chi connectivity index (χ1v) is 11.6. The van der Waals surface area contributed by atoms with Gasteiger partial charge in [-0.3, -0.25) is 9.59 Å². The van der Waals surface area contributed by atoms with Crippen LogP contribution < -0.4 is 15.4 Å². The van der Waals surface area contributed by atoms with Gasteiger partial charge in [-0.15, -0.1) is 0 Å². The van der Waals surface area contributed by atoms with E-state index in [4.69, 9.17) is 4.74 Å². The van der Waals surface area contributed by atoms with Gasteiger partial charge in [0.15, 0.2) is 0 Å². The molecular weight excluding hydrogens is 436 g/mol. The summed E-state index contributed by atoms with van der Waals surface area (Å²) in [6.45, 7) is 2.44. The molecule has 1 unspecified atom stereocenters. The summed E-state index contributed by atoms with van der Waals surface area (Å²) in [5, 5.41) is 5.88. The molecule has 0 fully saturated rings. The molecule has 2 amide bonds. The van der Waals surface area contributed by atoms with Crippen LogP contribution in [0, 0.1) is 0 Å². The Kier molecular flexibility index (Phi) is 7.92. The summed E-state index contributed by atoms with van der Waals surface area (Å²) in [6, 6.07) is 33.7. The van der Waals surface area contributed by atoms with Crippen LogP contribution in [0.15, 0.2) is 109 Å². The molecule has 0 spiro atoms. The van der Waals surface area contributed by atoms with E-state index >= 15 is 0 Å². The summed E-state index contributed by atoms with van der Waals surface area (Å²) in [6.07, 6.45) is 0.779. The third-order valence-corrected chi connectivity index (χ3v) is 5.67. The minimum Gasteiger partial charge on any atom is -0.493 e. The Balaban J connectivity index is 1.40. The molecule has 0 heterocycles. The lowest BCUT2D eigenvalue weighted by atomic mass is 10.1. The number of benzene rings is 4. The fraction of sp³-hybridized carbons (Fsp3) is 0.133. The van der Waals surface area contributed by atoms with Gasteiger partial charge in [-0.05, 0) is 48.4 Å². The molecule has 1 atom stereocenters. The summed E-state index contributed by atoms with van der Waals surface area (Å²) < 4.78 is 5.85. The first-order chi connectivity index (χ1) is 17.1. The summed E-state index contributed by atoms with van der Waals surface area (Å²) >= 11 is 0. The van der Waals surface area contributed by atoms with E-state index in [0.29, 0.717) is 29.2 Å². The standard InChI is InChI=1S/C30H28N2O3/c1-22(24-13-6-3-7-14-24)31-30(34)27-17-8-9-18-28(27)32-29(33)25-15-10-16-26(21-25)35-20-19-23-11-4-2-5-12-23/h2-18,21-22H,19-20H2,1H3,(H,31,34)(H,32,33). The third kappa shape index (κ3) is 6.58. The van der Waals surface area contributed by atoms with Crippen LogP contribution >= 0.6 is 0 Å². The maximum absolute atomic E-state index is 13.0. The highest BCUT2D eigenvalue weighted by Crippen LogP contribution is 2.20. The Morgan fingerprint density at radius 1 is 0.771 bits per heavy atom. The Labute approximate surface area is 205 Å². The molecule has 5 nitrogen and oxygen atoms in total. The zero-order valence-corrected chi connectivity index (χ0v) is 19.6.